The monoisotopic (exact) mass is 195 g/mol. The van der Waals surface area contributed by atoms with Crippen LogP contribution in [-0.2, 0) is 0 Å². The molecule has 0 radical (unpaired) electrons. The quantitative estimate of drug-likeness (QED) is 0.761. The maximum absolute atomic E-state index is 13.0. The summed E-state index contributed by atoms with van der Waals surface area (Å²) in [6.07, 6.45) is 2.23. The molecule has 0 amide bonds. The zero-order valence-corrected chi connectivity index (χ0v) is 8.89. The summed E-state index contributed by atoms with van der Waals surface area (Å²) in [5.41, 5.74) is 1.10. The number of rotatable bonds is 5. The van der Waals surface area contributed by atoms with E-state index >= 15 is 0 Å². The van der Waals surface area contributed by atoms with E-state index in [1.807, 2.05) is 13.1 Å². The van der Waals surface area contributed by atoms with Crippen molar-refractivity contribution in [2.75, 3.05) is 13.6 Å². The molecule has 78 valence electrons. The van der Waals surface area contributed by atoms with Crippen molar-refractivity contribution in [3.05, 3.63) is 35.6 Å². The normalized spacial score (nSPS) is 12.8. The summed E-state index contributed by atoms with van der Waals surface area (Å²) in [7, 11) is 1.93. The molecule has 0 heterocycles. The van der Waals surface area contributed by atoms with Crippen molar-refractivity contribution in [2.24, 2.45) is 0 Å². The Labute approximate surface area is 85.3 Å². The van der Waals surface area contributed by atoms with E-state index in [2.05, 4.69) is 12.2 Å². The van der Waals surface area contributed by atoms with Crippen LogP contribution in [0.5, 0.6) is 0 Å². The van der Waals surface area contributed by atoms with Crippen LogP contribution in [0.1, 0.15) is 31.2 Å². The fraction of sp³-hybridized carbons (Fsp3) is 0.500. The average Bonchev–Trinajstić information content (AvgIpc) is 2.17. The number of likely N-dealkylation sites (N-methyl/N-ethyl adjacent to an activating group) is 1. The van der Waals surface area contributed by atoms with Gasteiger partial charge in [0.15, 0.2) is 0 Å². The highest BCUT2D eigenvalue weighted by Gasteiger charge is 2.09. The molecule has 0 fully saturated rings. The van der Waals surface area contributed by atoms with E-state index < -0.39 is 0 Å². The highest BCUT2D eigenvalue weighted by Crippen LogP contribution is 2.20. The first kappa shape index (κ1) is 11.2. The van der Waals surface area contributed by atoms with Crippen molar-refractivity contribution in [1.82, 2.24) is 5.32 Å². The van der Waals surface area contributed by atoms with Crippen molar-refractivity contribution in [2.45, 2.75) is 25.7 Å². The molecule has 0 bridgehead atoms. The maximum atomic E-state index is 13.0. The third-order valence-corrected chi connectivity index (χ3v) is 2.41. The second kappa shape index (κ2) is 5.76. The SMILES string of the molecule is CCCC(CNC)c1cccc(F)c1. The van der Waals surface area contributed by atoms with E-state index in [1.165, 1.54) is 6.07 Å². The fourth-order valence-electron chi connectivity index (χ4n) is 1.74. The van der Waals surface area contributed by atoms with Gasteiger partial charge in [-0.1, -0.05) is 25.5 Å². The number of hydrogen-bond acceptors (Lipinski definition) is 1. The van der Waals surface area contributed by atoms with E-state index in [0.717, 1.165) is 24.9 Å². The van der Waals surface area contributed by atoms with Gasteiger partial charge in [0.2, 0.25) is 0 Å². The van der Waals surface area contributed by atoms with Gasteiger partial charge in [-0.15, -0.1) is 0 Å². The highest BCUT2D eigenvalue weighted by atomic mass is 19.1. The van der Waals surface area contributed by atoms with Gasteiger partial charge in [0.25, 0.3) is 0 Å². The van der Waals surface area contributed by atoms with Crippen molar-refractivity contribution in [1.29, 1.82) is 0 Å². The number of hydrogen-bond donors (Lipinski definition) is 1. The zero-order chi connectivity index (χ0) is 10.4. The lowest BCUT2D eigenvalue weighted by Gasteiger charge is -2.15. The lowest BCUT2D eigenvalue weighted by molar-refractivity contribution is 0.567. The summed E-state index contributed by atoms with van der Waals surface area (Å²) in [6.45, 7) is 3.07. The average molecular weight is 195 g/mol. The van der Waals surface area contributed by atoms with E-state index in [4.69, 9.17) is 0 Å². The molecule has 1 aromatic rings. The molecule has 0 aliphatic rings. The molecule has 1 aromatic carbocycles. The standard InChI is InChI=1S/C12H18FN/c1-3-5-11(9-14-2)10-6-4-7-12(13)8-10/h4,6-8,11,14H,3,5,9H2,1-2H3. The predicted molar refractivity (Wildman–Crippen MR) is 58.0 cm³/mol. The summed E-state index contributed by atoms with van der Waals surface area (Å²) >= 11 is 0. The molecule has 1 atom stereocenters. The molecule has 0 spiro atoms. The van der Waals surface area contributed by atoms with Crippen molar-refractivity contribution in [3.8, 4) is 0 Å². The number of nitrogens with one attached hydrogen (secondary N) is 1. The summed E-state index contributed by atoms with van der Waals surface area (Å²) in [6, 6.07) is 6.91. The Morgan fingerprint density at radius 2 is 2.21 bits per heavy atom. The molecule has 1 rings (SSSR count). The molecule has 0 saturated carbocycles. The molecule has 1 unspecified atom stereocenters. The van der Waals surface area contributed by atoms with Gasteiger partial charge in [0, 0.05) is 6.54 Å². The maximum Gasteiger partial charge on any atom is 0.123 e. The zero-order valence-electron chi connectivity index (χ0n) is 8.89. The molecule has 0 saturated heterocycles. The van der Waals surface area contributed by atoms with Crippen LogP contribution < -0.4 is 5.32 Å². The first-order valence-corrected chi connectivity index (χ1v) is 5.18. The minimum atomic E-state index is -0.139. The van der Waals surface area contributed by atoms with Crippen LogP contribution in [0.2, 0.25) is 0 Å². The largest absolute Gasteiger partial charge is 0.319 e. The van der Waals surface area contributed by atoms with Crippen LogP contribution in [0, 0.1) is 5.82 Å². The molecule has 1 nitrogen and oxygen atoms in total. The van der Waals surface area contributed by atoms with Gasteiger partial charge in [-0.2, -0.15) is 0 Å². The summed E-state index contributed by atoms with van der Waals surface area (Å²) in [5.74, 6) is 0.292. The molecule has 0 aliphatic carbocycles. The van der Waals surface area contributed by atoms with Crippen molar-refractivity contribution in [3.63, 3.8) is 0 Å². The van der Waals surface area contributed by atoms with Gasteiger partial charge >= 0.3 is 0 Å². The van der Waals surface area contributed by atoms with Crippen LogP contribution in [0.4, 0.5) is 4.39 Å². The van der Waals surface area contributed by atoms with E-state index in [1.54, 1.807) is 12.1 Å². The van der Waals surface area contributed by atoms with E-state index in [0.29, 0.717) is 5.92 Å². The predicted octanol–water partition coefficient (Wildman–Crippen LogP) is 2.93. The van der Waals surface area contributed by atoms with Crippen molar-refractivity contribution >= 4 is 0 Å². The third kappa shape index (κ3) is 3.11. The Morgan fingerprint density at radius 1 is 1.43 bits per heavy atom. The van der Waals surface area contributed by atoms with E-state index in [9.17, 15) is 4.39 Å². The molecule has 1 N–H and O–H groups in total. The third-order valence-electron chi connectivity index (χ3n) is 2.41. The van der Waals surface area contributed by atoms with Gasteiger partial charge in [0.05, 0.1) is 0 Å². The van der Waals surface area contributed by atoms with Crippen LogP contribution in [0.3, 0.4) is 0 Å². The second-order valence-electron chi connectivity index (χ2n) is 3.60. The number of benzene rings is 1. The molecular weight excluding hydrogens is 177 g/mol. The minimum absolute atomic E-state index is 0.139. The van der Waals surface area contributed by atoms with Crippen molar-refractivity contribution < 1.29 is 4.39 Å². The summed E-state index contributed by atoms with van der Waals surface area (Å²) in [5, 5.41) is 3.15. The smallest absolute Gasteiger partial charge is 0.123 e. The van der Waals surface area contributed by atoms with Crippen LogP contribution in [0.25, 0.3) is 0 Å². The first-order chi connectivity index (χ1) is 6.77. The lowest BCUT2D eigenvalue weighted by Crippen LogP contribution is -2.17. The minimum Gasteiger partial charge on any atom is -0.319 e. The van der Waals surface area contributed by atoms with E-state index in [-0.39, 0.29) is 5.82 Å². The van der Waals surface area contributed by atoms with Gasteiger partial charge in [0.1, 0.15) is 5.82 Å². The Bertz CT molecular complexity index is 267. The number of halogens is 1. The van der Waals surface area contributed by atoms with Gasteiger partial charge in [-0.05, 0) is 37.1 Å². The highest BCUT2D eigenvalue weighted by molar-refractivity contribution is 5.21. The molecular formula is C12H18FN. The fourth-order valence-corrected chi connectivity index (χ4v) is 1.74. The summed E-state index contributed by atoms with van der Waals surface area (Å²) < 4.78 is 13.0. The second-order valence-corrected chi connectivity index (χ2v) is 3.60. The topological polar surface area (TPSA) is 12.0 Å². The molecule has 14 heavy (non-hydrogen) atoms. The van der Waals surface area contributed by atoms with Crippen LogP contribution in [-0.4, -0.2) is 13.6 Å². The van der Waals surface area contributed by atoms with Gasteiger partial charge in [-0.3, -0.25) is 0 Å². The van der Waals surface area contributed by atoms with Gasteiger partial charge < -0.3 is 5.32 Å². The summed E-state index contributed by atoms with van der Waals surface area (Å²) in [4.78, 5) is 0. The Morgan fingerprint density at radius 3 is 2.79 bits per heavy atom. The molecule has 0 aromatic heterocycles. The van der Waals surface area contributed by atoms with Crippen LogP contribution >= 0.6 is 0 Å². The lowest BCUT2D eigenvalue weighted by atomic mass is 9.94. The Balaban J connectivity index is 2.75. The van der Waals surface area contributed by atoms with Crippen LogP contribution in [0.15, 0.2) is 24.3 Å². The van der Waals surface area contributed by atoms with Gasteiger partial charge in [-0.25, -0.2) is 4.39 Å². The Hall–Kier alpha value is -0.890. The molecule has 2 heteroatoms. The first-order valence-electron chi connectivity index (χ1n) is 5.18. The Kier molecular flexibility index (Phi) is 4.60. The molecule has 0 aliphatic heterocycles.